The van der Waals surface area contributed by atoms with E-state index in [1.54, 1.807) is 37.4 Å². The number of rotatable bonds is 7. The molecule has 0 bridgehead atoms. The third kappa shape index (κ3) is 6.56. The molecule has 7 heteroatoms. The molecule has 0 saturated heterocycles. The topological polar surface area (TPSA) is 91.7 Å². The van der Waals surface area contributed by atoms with Gasteiger partial charge in [0.2, 0.25) is 0 Å². The van der Waals surface area contributed by atoms with Gasteiger partial charge in [0.05, 0.1) is 7.05 Å². The number of benzene rings is 2. The van der Waals surface area contributed by atoms with E-state index >= 15 is 0 Å². The number of nitrogens with one attached hydrogen (secondary N) is 4. The number of para-hydroxylation sites is 1. The van der Waals surface area contributed by atoms with Crippen molar-refractivity contribution in [2.45, 2.75) is 13.3 Å². The van der Waals surface area contributed by atoms with Gasteiger partial charge in [0.1, 0.15) is 0 Å². The number of hydrazine groups is 1. The number of hydrogen-bond acceptors (Lipinski definition) is 3. The van der Waals surface area contributed by atoms with Gasteiger partial charge >= 0.3 is 0 Å². The van der Waals surface area contributed by atoms with Crippen LogP contribution in [0.3, 0.4) is 0 Å². The van der Waals surface area contributed by atoms with Crippen LogP contribution >= 0.6 is 0 Å². The maximum Gasteiger partial charge on any atom is 0.293 e. The lowest BCUT2D eigenvalue weighted by atomic mass is 10.1. The SMILES string of the molecule is CCc1ccccc1NC(=O)C[NH+](C)CC(=O)NNC(=O)c1ccccc1. The lowest BCUT2D eigenvalue weighted by Gasteiger charge is -2.15. The minimum Gasteiger partial charge on any atom is -0.322 e. The molecule has 1 atom stereocenters. The second kappa shape index (κ2) is 10.1. The van der Waals surface area contributed by atoms with E-state index in [0.29, 0.717) is 10.5 Å². The Morgan fingerprint density at radius 1 is 0.852 bits per heavy atom. The van der Waals surface area contributed by atoms with Gasteiger partial charge < -0.3 is 10.2 Å². The Morgan fingerprint density at radius 2 is 1.48 bits per heavy atom. The standard InChI is InChI=1S/C20H24N4O3/c1-3-15-9-7-8-12-17(15)21-18(25)13-24(2)14-19(26)22-23-20(27)16-10-5-4-6-11-16/h4-12H,3,13-14H2,1-2H3,(H,21,25)(H,22,26)(H,23,27)/p+1. The van der Waals surface area contributed by atoms with Gasteiger partial charge in [-0.1, -0.05) is 43.3 Å². The van der Waals surface area contributed by atoms with Crippen LogP contribution in [-0.2, 0) is 16.0 Å². The Balaban J connectivity index is 1.75. The van der Waals surface area contributed by atoms with E-state index in [-0.39, 0.29) is 24.9 Å². The van der Waals surface area contributed by atoms with E-state index in [1.807, 2.05) is 31.2 Å². The Morgan fingerprint density at radius 3 is 2.19 bits per heavy atom. The van der Waals surface area contributed by atoms with Crippen LogP contribution in [0.4, 0.5) is 5.69 Å². The lowest BCUT2D eigenvalue weighted by molar-refractivity contribution is -0.862. The first-order chi connectivity index (χ1) is 13.0. The average Bonchev–Trinajstić information content (AvgIpc) is 2.67. The summed E-state index contributed by atoms with van der Waals surface area (Å²) in [5, 5.41) is 2.88. The summed E-state index contributed by atoms with van der Waals surface area (Å²) >= 11 is 0. The number of aryl methyl sites for hydroxylation is 1. The normalized spacial score (nSPS) is 11.3. The second-order valence-electron chi connectivity index (χ2n) is 6.24. The van der Waals surface area contributed by atoms with Gasteiger partial charge in [-0.15, -0.1) is 0 Å². The number of likely N-dealkylation sites (N-methyl/N-ethyl adjacent to an activating group) is 1. The molecule has 2 rings (SSSR count). The zero-order valence-electron chi connectivity index (χ0n) is 15.5. The summed E-state index contributed by atoms with van der Waals surface area (Å²) < 4.78 is 0. The molecule has 0 radical (unpaired) electrons. The maximum atomic E-state index is 12.2. The molecule has 0 heterocycles. The number of carbonyl (C=O) groups is 3. The van der Waals surface area contributed by atoms with Crippen molar-refractivity contribution in [2.75, 3.05) is 25.5 Å². The minimum absolute atomic E-state index is 0.0535. The predicted octanol–water partition coefficient (Wildman–Crippen LogP) is 0.163. The largest absolute Gasteiger partial charge is 0.322 e. The zero-order chi connectivity index (χ0) is 19.6. The molecule has 2 aromatic carbocycles. The maximum absolute atomic E-state index is 12.2. The molecule has 4 N–H and O–H groups in total. The highest BCUT2D eigenvalue weighted by atomic mass is 16.2. The summed E-state index contributed by atoms with van der Waals surface area (Å²) in [6.45, 7) is 2.21. The van der Waals surface area contributed by atoms with Gasteiger partial charge in [0.25, 0.3) is 17.7 Å². The van der Waals surface area contributed by atoms with Crippen LogP contribution in [0, 0.1) is 0 Å². The van der Waals surface area contributed by atoms with Crippen molar-refractivity contribution < 1.29 is 19.3 Å². The fraction of sp³-hybridized carbons (Fsp3) is 0.250. The van der Waals surface area contributed by atoms with Crippen molar-refractivity contribution in [3.8, 4) is 0 Å². The molecule has 0 saturated carbocycles. The Bertz CT molecular complexity index is 793. The molecule has 27 heavy (non-hydrogen) atoms. The summed E-state index contributed by atoms with van der Waals surface area (Å²) in [6.07, 6.45) is 0.822. The highest BCUT2D eigenvalue weighted by Gasteiger charge is 2.15. The van der Waals surface area contributed by atoms with Crippen LogP contribution < -0.4 is 21.1 Å². The molecular weight excluding hydrogens is 344 g/mol. The van der Waals surface area contributed by atoms with Crippen LogP contribution in [0.1, 0.15) is 22.8 Å². The summed E-state index contributed by atoms with van der Waals surface area (Å²) in [7, 11) is 1.74. The third-order valence-corrected chi connectivity index (χ3v) is 3.95. The van der Waals surface area contributed by atoms with E-state index in [9.17, 15) is 14.4 Å². The van der Waals surface area contributed by atoms with Gasteiger partial charge in [-0.05, 0) is 30.2 Å². The van der Waals surface area contributed by atoms with E-state index in [2.05, 4.69) is 16.2 Å². The molecule has 7 nitrogen and oxygen atoms in total. The van der Waals surface area contributed by atoms with Crippen molar-refractivity contribution >= 4 is 23.4 Å². The fourth-order valence-electron chi connectivity index (χ4n) is 2.59. The molecule has 142 valence electrons. The molecule has 0 fully saturated rings. The van der Waals surface area contributed by atoms with Crippen LogP contribution in [0.2, 0.25) is 0 Å². The smallest absolute Gasteiger partial charge is 0.293 e. The monoisotopic (exact) mass is 369 g/mol. The summed E-state index contributed by atoms with van der Waals surface area (Å²) in [5.41, 5.74) is 7.02. The number of carbonyl (C=O) groups excluding carboxylic acids is 3. The van der Waals surface area contributed by atoms with Gasteiger partial charge in [-0.3, -0.25) is 25.2 Å². The molecular formula is C20H25N4O3+. The second-order valence-corrected chi connectivity index (χ2v) is 6.24. The Hall–Kier alpha value is -3.19. The predicted molar refractivity (Wildman–Crippen MR) is 103 cm³/mol. The van der Waals surface area contributed by atoms with Crippen molar-refractivity contribution in [3.05, 3.63) is 65.7 Å². The van der Waals surface area contributed by atoms with Gasteiger partial charge in [0.15, 0.2) is 13.1 Å². The minimum atomic E-state index is -0.393. The van der Waals surface area contributed by atoms with Crippen molar-refractivity contribution in [1.29, 1.82) is 0 Å². The first-order valence-electron chi connectivity index (χ1n) is 8.83. The van der Waals surface area contributed by atoms with E-state index < -0.39 is 5.91 Å². The van der Waals surface area contributed by atoms with E-state index in [0.717, 1.165) is 17.7 Å². The third-order valence-electron chi connectivity index (χ3n) is 3.95. The number of amides is 3. The molecule has 1 unspecified atom stereocenters. The Labute approximate surface area is 158 Å². The quantitative estimate of drug-likeness (QED) is 0.524. The van der Waals surface area contributed by atoms with Crippen molar-refractivity contribution in [3.63, 3.8) is 0 Å². The number of anilines is 1. The molecule has 0 aliphatic carbocycles. The van der Waals surface area contributed by atoms with Gasteiger partial charge in [0, 0.05) is 11.3 Å². The van der Waals surface area contributed by atoms with Crippen LogP contribution in [0.5, 0.6) is 0 Å². The first-order valence-corrected chi connectivity index (χ1v) is 8.83. The van der Waals surface area contributed by atoms with Gasteiger partial charge in [-0.25, -0.2) is 0 Å². The zero-order valence-corrected chi connectivity index (χ0v) is 15.5. The summed E-state index contributed by atoms with van der Waals surface area (Å²) in [6, 6.07) is 16.2. The highest BCUT2D eigenvalue weighted by Crippen LogP contribution is 2.14. The molecule has 0 spiro atoms. The van der Waals surface area contributed by atoms with Crippen LogP contribution in [-0.4, -0.2) is 37.9 Å². The molecule has 0 aliphatic heterocycles. The summed E-state index contributed by atoms with van der Waals surface area (Å²) in [4.78, 5) is 36.7. The number of hydrogen-bond donors (Lipinski definition) is 4. The lowest BCUT2D eigenvalue weighted by Crippen LogP contribution is -3.11. The average molecular weight is 369 g/mol. The highest BCUT2D eigenvalue weighted by molar-refractivity contribution is 5.95. The Kier molecular flexibility index (Phi) is 7.51. The summed E-state index contributed by atoms with van der Waals surface area (Å²) in [5.74, 6) is -0.941. The fourth-order valence-corrected chi connectivity index (χ4v) is 2.59. The first kappa shape index (κ1) is 20.1. The van der Waals surface area contributed by atoms with Crippen molar-refractivity contribution in [1.82, 2.24) is 10.9 Å². The molecule has 0 aromatic heterocycles. The van der Waals surface area contributed by atoms with E-state index in [1.165, 1.54) is 0 Å². The molecule has 0 aliphatic rings. The van der Waals surface area contributed by atoms with Crippen LogP contribution in [0.15, 0.2) is 54.6 Å². The molecule has 2 aromatic rings. The van der Waals surface area contributed by atoms with Crippen molar-refractivity contribution in [2.24, 2.45) is 0 Å². The van der Waals surface area contributed by atoms with E-state index in [4.69, 9.17) is 0 Å². The molecule has 3 amide bonds. The van der Waals surface area contributed by atoms with Crippen LogP contribution in [0.25, 0.3) is 0 Å². The van der Waals surface area contributed by atoms with Gasteiger partial charge in [-0.2, -0.15) is 0 Å². The number of quaternary nitrogens is 1.